The Bertz CT molecular complexity index is 846. The van der Waals surface area contributed by atoms with Crippen molar-refractivity contribution in [3.63, 3.8) is 0 Å². The number of nitrogens with zero attached hydrogens (tertiary/aromatic N) is 2. The Hall–Kier alpha value is -1.68. The van der Waals surface area contributed by atoms with E-state index in [0.717, 1.165) is 21.2 Å². The molecule has 0 aromatic heterocycles. The summed E-state index contributed by atoms with van der Waals surface area (Å²) in [6, 6.07) is 15.4. The molecule has 1 fully saturated rings. The maximum atomic E-state index is 10.6. The van der Waals surface area contributed by atoms with Crippen LogP contribution in [0.1, 0.15) is 50.6 Å². The highest BCUT2D eigenvalue weighted by Gasteiger charge is 2.58. The van der Waals surface area contributed by atoms with Crippen LogP contribution in [0.15, 0.2) is 53.0 Å². The van der Waals surface area contributed by atoms with Crippen molar-refractivity contribution in [2.45, 2.75) is 44.9 Å². The zero-order chi connectivity index (χ0) is 19.1. The molecule has 0 bridgehead atoms. The molecular weight excluding hydrogens is 392 g/mol. The maximum Gasteiger partial charge on any atom is 0.136 e. The standard InChI is InChI=1S/C21H23BrN2O2/c1-20(2)21(3,4)24(26)19(23(20)25)17-12-10-15(11-13-17)8-9-16-6-5-7-18(22)14-16/h5-7,10-14,19,25-26H,1-4H3. The molecule has 3 rings (SSSR count). The Morgan fingerprint density at radius 3 is 1.92 bits per heavy atom. The zero-order valence-electron chi connectivity index (χ0n) is 15.4. The van der Waals surface area contributed by atoms with Gasteiger partial charge in [-0.15, -0.1) is 0 Å². The van der Waals surface area contributed by atoms with E-state index in [9.17, 15) is 10.4 Å². The van der Waals surface area contributed by atoms with Crippen molar-refractivity contribution >= 4 is 15.9 Å². The summed E-state index contributed by atoms with van der Waals surface area (Å²) >= 11 is 3.44. The van der Waals surface area contributed by atoms with Crippen molar-refractivity contribution in [1.29, 1.82) is 0 Å². The summed E-state index contributed by atoms with van der Waals surface area (Å²) in [4.78, 5) is 0. The lowest BCUT2D eigenvalue weighted by Gasteiger charge is -2.37. The largest absolute Gasteiger partial charge is 0.311 e. The third-order valence-electron chi connectivity index (χ3n) is 5.49. The van der Waals surface area contributed by atoms with Gasteiger partial charge in [-0.1, -0.05) is 46.0 Å². The lowest BCUT2D eigenvalue weighted by molar-refractivity contribution is -0.223. The van der Waals surface area contributed by atoms with Gasteiger partial charge in [-0.3, -0.25) is 0 Å². The molecule has 0 atom stereocenters. The van der Waals surface area contributed by atoms with Crippen LogP contribution in [0.2, 0.25) is 0 Å². The van der Waals surface area contributed by atoms with E-state index in [4.69, 9.17) is 0 Å². The van der Waals surface area contributed by atoms with E-state index in [-0.39, 0.29) is 0 Å². The summed E-state index contributed by atoms with van der Waals surface area (Å²) in [5.41, 5.74) is 1.41. The Kier molecular flexibility index (Phi) is 5.00. The van der Waals surface area contributed by atoms with E-state index in [1.165, 1.54) is 10.1 Å². The molecule has 26 heavy (non-hydrogen) atoms. The number of benzene rings is 2. The molecule has 5 heteroatoms. The van der Waals surface area contributed by atoms with Crippen LogP contribution in [0.4, 0.5) is 0 Å². The van der Waals surface area contributed by atoms with Crippen molar-refractivity contribution in [2.24, 2.45) is 0 Å². The van der Waals surface area contributed by atoms with Gasteiger partial charge in [-0.2, -0.15) is 10.1 Å². The average Bonchev–Trinajstić information content (AvgIpc) is 2.71. The molecular formula is C21H23BrN2O2. The Morgan fingerprint density at radius 2 is 1.38 bits per heavy atom. The van der Waals surface area contributed by atoms with Crippen molar-refractivity contribution in [2.75, 3.05) is 0 Å². The fourth-order valence-corrected chi connectivity index (χ4v) is 3.41. The van der Waals surface area contributed by atoms with Crippen LogP contribution in [0.3, 0.4) is 0 Å². The van der Waals surface area contributed by atoms with Crippen molar-refractivity contribution in [3.05, 3.63) is 69.7 Å². The summed E-state index contributed by atoms with van der Waals surface area (Å²) in [7, 11) is 0. The van der Waals surface area contributed by atoms with Crippen LogP contribution in [-0.2, 0) is 0 Å². The molecule has 0 radical (unpaired) electrons. The smallest absolute Gasteiger partial charge is 0.136 e. The molecule has 1 heterocycles. The minimum absolute atomic E-state index is 0.606. The summed E-state index contributed by atoms with van der Waals surface area (Å²) in [5.74, 6) is 6.27. The molecule has 0 unspecified atom stereocenters. The van der Waals surface area contributed by atoms with Gasteiger partial charge in [-0.25, -0.2) is 0 Å². The first kappa shape index (κ1) is 19.1. The third kappa shape index (κ3) is 3.20. The van der Waals surface area contributed by atoms with Gasteiger partial charge in [0.25, 0.3) is 0 Å². The van der Waals surface area contributed by atoms with Crippen LogP contribution < -0.4 is 0 Å². The molecule has 0 aliphatic carbocycles. The Balaban J connectivity index is 1.85. The summed E-state index contributed by atoms with van der Waals surface area (Å²) in [6.07, 6.45) is -0.618. The zero-order valence-corrected chi connectivity index (χ0v) is 16.9. The first-order valence-corrected chi connectivity index (χ1v) is 9.28. The second-order valence-corrected chi connectivity index (χ2v) is 8.48. The highest BCUT2D eigenvalue weighted by Crippen LogP contribution is 2.47. The monoisotopic (exact) mass is 414 g/mol. The van der Waals surface area contributed by atoms with E-state index < -0.39 is 17.2 Å². The van der Waals surface area contributed by atoms with Crippen LogP contribution >= 0.6 is 15.9 Å². The lowest BCUT2D eigenvalue weighted by atomic mass is 9.84. The fraction of sp³-hybridized carbons (Fsp3) is 0.333. The quantitative estimate of drug-likeness (QED) is 0.657. The van der Waals surface area contributed by atoms with Crippen molar-refractivity contribution in [3.8, 4) is 11.8 Å². The first-order valence-electron chi connectivity index (χ1n) is 8.48. The van der Waals surface area contributed by atoms with Crippen LogP contribution in [-0.4, -0.2) is 31.6 Å². The van der Waals surface area contributed by atoms with E-state index >= 15 is 0 Å². The van der Waals surface area contributed by atoms with Gasteiger partial charge in [0.05, 0.1) is 11.1 Å². The van der Waals surface area contributed by atoms with Gasteiger partial charge >= 0.3 is 0 Å². The van der Waals surface area contributed by atoms with Gasteiger partial charge in [0, 0.05) is 15.6 Å². The van der Waals surface area contributed by atoms with Crippen LogP contribution in [0, 0.1) is 11.8 Å². The normalized spacial score (nSPS) is 20.0. The minimum Gasteiger partial charge on any atom is -0.311 e. The average molecular weight is 415 g/mol. The number of hydroxylamine groups is 4. The number of hydrogen-bond donors (Lipinski definition) is 2. The van der Waals surface area contributed by atoms with Crippen molar-refractivity contribution in [1.82, 2.24) is 10.1 Å². The van der Waals surface area contributed by atoms with Gasteiger partial charge in [-0.05, 0) is 63.6 Å². The highest BCUT2D eigenvalue weighted by atomic mass is 79.9. The molecule has 1 aliphatic rings. The molecule has 2 aromatic carbocycles. The second kappa shape index (κ2) is 6.80. The van der Waals surface area contributed by atoms with E-state index in [2.05, 4.69) is 27.8 Å². The molecule has 1 saturated heterocycles. The van der Waals surface area contributed by atoms with E-state index in [1.54, 1.807) is 0 Å². The Labute approximate surface area is 163 Å². The van der Waals surface area contributed by atoms with Crippen LogP contribution in [0.5, 0.6) is 0 Å². The highest BCUT2D eigenvalue weighted by molar-refractivity contribution is 9.10. The fourth-order valence-electron chi connectivity index (χ4n) is 3.01. The molecule has 2 aromatic rings. The van der Waals surface area contributed by atoms with Crippen LogP contribution in [0.25, 0.3) is 0 Å². The molecule has 0 amide bonds. The molecule has 4 nitrogen and oxygen atoms in total. The molecule has 2 N–H and O–H groups in total. The minimum atomic E-state index is -0.618. The second-order valence-electron chi connectivity index (χ2n) is 7.56. The summed E-state index contributed by atoms with van der Waals surface area (Å²) in [6.45, 7) is 7.64. The van der Waals surface area contributed by atoms with Gasteiger partial charge < -0.3 is 10.4 Å². The van der Waals surface area contributed by atoms with Gasteiger partial charge in [0.1, 0.15) is 6.17 Å². The number of halogens is 1. The van der Waals surface area contributed by atoms with E-state index in [0.29, 0.717) is 0 Å². The Morgan fingerprint density at radius 1 is 0.846 bits per heavy atom. The predicted molar refractivity (Wildman–Crippen MR) is 105 cm³/mol. The predicted octanol–water partition coefficient (Wildman–Crippen LogP) is 4.80. The number of hydrogen-bond acceptors (Lipinski definition) is 4. The third-order valence-corrected chi connectivity index (χ3v) is 5.98. The first-order chi connectivity index (χ1) is 12.1. The summed E-state index contributed by atoms with van der Waals surface area (Å²) < 4.78 is 0.997. The van der Waals surface area contributed by atoms with Crippen molar-refractivity contribution < 1.29 is 10.4 Å². The van der Waals surface area contributed by atoms with E-state index in [1.807, 2.05) is 76.2 Å². The maximum absolute atomic E-state index is 10.6. The SMILES string of the molecule is CC1(C)N(O)C(c2ccc(C#Cc3cccc(Br)c3)cc2)N(O)C1(C)C. The molecule has 0 spiro atoms. The molecule has 136 valence electrons. The number of rotatable bonds is 1. The molecule has 0 saturated carbocycles. The lowest BCUT2D eigenvalue weighted by Crippen LogP contribution is -2.52. The molecule has 1 aliphatic heterocycles. The summed E-state index contributed by atoms with van der Waals surface area (Å²) in [5, 5.41) is 23.7. The van der Waals surface area contributed by atoms with Gasteiger partial charge in [0.2, 0.25) is 0 Å². The van der Waals surface area contributed by atoms with Gasteiger partial charge in [0.15, 0.2) is 0 Å². The topological polar surface area (TPSA) is 46.9 Å².